The largest absolute Gasteiger partial charge is 0.468 e. The van der Waals surface area contributed by atoms with Crippen LogP contribution in [0.15, 0.2) is 48.7 Å². The van der Waals surface area contributed by atoms with Gasteiger partial charge in [0.2, 0.25) is 0 Å². The quantitative estimate of drug-likeness (QED) is 0.111. The molecule has 4 aromatic rings. The predicted molar refractivity (Wildman–Crippen MR) is 201 cm³/mol. The van der Waals surface area contributed by atoms with Crippen LogP contribution in [0.1, 0.15) is 52.0 Å². The molecule has 4 unspecified atom stereocenters. The summed E-state index contributed by atoms with van der Waals surface area (Å²) in [5.41, 5.74) is 0.833. The van der Waals surface area contributed by atoms with Gasteiger partial charge in [-0.2, -0.15) is 9.97 Å². The van der Waals surface area contributed by atoms with E-state index in [4.69, 9.17) is 35.3 Å². The van der Waals surface area contributed by atoms with Gasteiger partial charge in [-0.1, -0.05) is 30.2 Å². The SMILES string of the molecule is C#Cc1cccc2cc(OCOC)cc(-c3ncc4c(N5CC6CCC(C5)N6C(=O)OC(C)(C)C)nc(OCC56CC(=C)CN5CC(F)C6)nc4c3F)c12. The molecule has 1 amide bonds. The highest BCUT2D eigenvalue weighted by molar-refractivity contribution is 6.03. The van der Waals surface area contributed by atoms with Crippen molar-refractivity contribution in [3.8, 4) is 35.4 Å². The lowest BCUT2D eigenvalue weighted by Crippen LogP contribution is -2.57. The topological polar surface area (TPSA) is 102 Å². The molecular weight excluding hydrogens is 694 g/mol. The number of piperazine rings is 1. The Morgan fingerprint density at radius 3 is 2.63 bits per heavy atom. The van der Waals surface area contributed by atoms with Crippen LogP contribution in [0.3, 0.4) is 0 Å². The number of amides is 1. The van der Waals surface area contributed by atoms with E-state index < -0.39 is 23.1 Å². The van der Waals surface area contributed by atoms with Gasteiger partial charge in [0.1, 0.15) is 41.2 Å². The number of carbonyl (C=O) groups is 1. The summed E-state index contributed by atoms with van der Waals surface area (Å²) in [5, 5.41) is 1.77. The number of pyridine rings is 1. The van der Waals surface area contributed by atoms with Crippen LogP contribution in [0.5, 0.6) is 11.8 Å². The lowest BCUT2D eigenvalue weighted by atomic mass is 9.93. The van der Waals surface area contributed by atoms with Crippen LogP contribution in [0.4, 0.5) is 19.4 Å². The number of fused-ring (bicyclic) bond motifs is 5. The molecule has 4 aliphatic heterocycles. The van der Waals surface area contributed by atoms with E-state index in [9.17, 15) is 9.18 Å². The summed E-state index contributed by atoms with van der Waals surface area (Å²) in [4.78, 5) is 33.5. The minimum Gasteiger partial charge on any atom is -0.468 e. The molecule has 0 radical (unpaired) electrons. The zero-order chi connectivity index (χ0) is 37.9. The first-order chi connectivity index (χ1) is 25.9. The van der Waals surface area contributed by atoms with Gasteiger partial charge in [-0.05, 0) is 63.6 Å². The van der Waals surface area contributed by atoms with Gasteiger partial charge < -0.3 is 23.8 Å². The number of methoxy groups -OCH3 is 1. The lowest BCUT2D eigenvalue weighted by molar-refractivity contribution is 0.0122. The summed E-state index contributed by atoms with van der Waals surface area (Å²) >= 11 is 0. The number of rotatable bonds is 8. The molecule has 2 aromatic heterocycles. The van der Waals surface area contributed by atoms with Crippen molar-refractivity contribution in [2.24, 2.45) is 0 Å². The molecule has 54 heavy (non-hydrogen) atoms. The Hall–Kier alpha value is -5.06. The van der Waals surface area contributed by atoms with Crippen molar-refractivity contribution in [2.45, 2.75) is 75.8 Å². The van der Waals surface area contributed by atoms with Gasteiger partial charge in [0.05, 0.1) is 23.0 Å². The molecule has 0 N–H and O–H groups in total. The van der Waals surface area contributed by atoms with Crippen molar-refractivity contribution in [3.05, 3.63) is 60.1 Å². The third-order valence-corrected chi connectivity index (χ3v) is 10.9. The van der Waals surface area contributed by atoms with Crippen LogP contribution in [-0.4, -0.2) is 107 Å². The summed E-state index contributed by atoms with van der Waals surface area (Å²) < 4.78 is 55.1. The van der Waals surface area contributed by atoms with Crippen molar-refractivity contribution >= 4 is 33.6 Å². The molecule has 4 aliphatic rings. The first kappa shape index (κ1) is 35.9. The Kier molecular flexibility index (Phi) is 9.09. The van der Waals surface area contributed by atoms with E-state index in [1.165, 1.54) is 7.11 Å². The number of ether oxygens (including phenoxy) is 4. The average molecular weight is 739 g/mol. The van der Waals surface area contributed by atoms with Crippen LogP contribution in [0.25, 0.3) is 32.9 Å². The molecule has 6 heterocycles. The number of hydrogen-bond donors (Lipinski definition) is 0. The number of anilines is 1. The highest BCUT2D eigenvalue weighted by Crippen LogP contribution is 2.43. The molecule has 4 saturated heterocycles. The second-order valence-corrected chi connectivity index (χ2v) is 15.9. The molecule has 0 aliphatic carbocycles. The predicted octanol–water partition coefficient (Wildman–Crippen LogP) is 6.66. The molecule has 2 bridgehead atoms. The molecule has 11 nitrogen and oxygen atoms in total. The second kappa shape index (κ2) is 13.7. The Morgan fingerprint density at radius 2 is 1.91 bits per heavy atom. The van der Waals surface area contributed by atoms with Gasteiger partial charge in [0, 0.05) is 62.4 Å². The van der Waals surface area contributed by atoms with E-state index in [0.717, 1.165) is 23.8 Å². The van der Waals surface area contributed by atoms with Crippen molar-refractivity contribution in [1.82, 2.24) is 24.8 Å². The molecule has 8 rings (SSSR count). The van der Waals surface area contributed by atoms with E-state index in [-0.39, 0.29) is 48.8 Å². The third-order valence-electron chi connectivity index (χ3n) is 10.9. The van der Waals surface area contributed by atoms with E-state index >= 15 is 4.39 Å². The molecule has 4 atom stereocenters. The van der Waals surface area contributed by atoms with Crippen molar-refractivity contribution in [1.29, 1.82) is 0 Å². The highest BCUT2D eigenvalue weighted by Gasteiger charge is 2.51. The maximum absolute atomic E-state index is 17.3. The summed E-state index contributed by atoms with van der Waals surface area (Å²) in [7, 11) is 1.52. The van der Waals surface area contributed by atoms with Gasteiger partial charge >= 0.3 is 12.1 Å². The summed E-state index contributed by atoms with van der Waals surface area (Å²) in [6.07, 6.45) is 8.67. The summed E-state index contributed by atoms with van der Waals surface area (Å²) in [6.45, 7) is 11.6. The van der Waals surface area contributed by atoms with Crippen LogP contribution in [0, 0.1) is 18.2 Å². The van der Waals surface area contributed by atoms with Gasteiger partial charge in [-0.15, -0.1) is 6.42 Å². The number of alkyl halides is 1. The number of nitrogens with zero attached hydrogens (tertiary/aromatic N) is 6. The van der Waals surface area contributed by atoms with Crippen LogP contribution in [-0.2, 0) is 9.47 Å². The fourth-order valence-electron chi connectivity index (χ4n) is 8.77. The van der Waals surface area contributed by atoms with Crippen LogP contribution in [0.2, 0.25) is 0 Å². The number of terminal acetylenes is 1. The maximum Gasteiger partial charge on any atom is 0.410 e. The van der Waals surface area contributed by atoms with E-state index in [0.29, 0.717) is 72.5 Å². The minimum atomic E-state index is -0.982. The molecule has 0 saturated carbocycles. The average Bonchev–Trinajstić information content (AvgIpc) is 3.70. The fourth-order valence-corrected chi connectivity index (χ4v) is 8.77. The summed E-state index contributed by atoms with van der Waals surface area (Å²) in [6, 6.07) is 8.72. The number of hydrogen-bond acceptors (Lipinski definition) is 10. The molecule has 282 valence electrons. The smallest absolute Gasteiger partial charge is 0.410 e. The number of halogens is 2. The molecule has 13 heteroatoms. The maximum atomic E-state index is 17.3. The lowest BCUT2D eigenvalue weighted by Gasteiger charge is -2.42. The van der Waals surface area contributed by atoms with Crippen molar-refractivity contribution in [2.75, 3.05) is 51.6 Å². The van der Waals surface area contributed by atoms with Gasteiger partial charge in [-0.25, -0.2) is 13.6 Å². The van der Waals surface area contributed by atoms with Gasteiger partial charge in [-0.3, -0.25) is 14.8 Å². The highest BCUT2D eigenvalue weighted by atomic mass is 19.1. The van der Waals surface area contributed by atoms with Gasteiger partial charge in [0.25, 0.3) is 0 Å². The number of benzene rings is 2. The molecular formula is C41H44F2N6O5. The zero-order valence-corrected chi connectivity index (χ0v) is 31.0. The second-order valence-electron chi connectivity index (χ2n) is 15.9. The van der Waals surface area contributed by atoms with Crippen LogP contribution >= 0.6 is 0 Å². The molecule has 2 aromatic carbocycles. The first-order valence-electron chi connectivity index (χ1n) is 18.3. The standard InChI is InChI=1S/C41H44F2N6O5/c1-7-25-9-8-10-26-13-30(53-23-51-6)14-31(33(25)26)35-34(43)36-32(17-44-35)37(47-20-28-11-12-29(21-47)49(28)39(50)54-40(3,4)5)46-38(45-36)52-22-41-15-24(2)18-48(41)19-27(42)16-41/h1,8-10,13-14,17,27-29H,2,11-12,15-16,18-23H2,3-6H3. The van der Waals surface area contributed by atoms with E-state index in [1.807, 2.05) is 43.9 Å². The first-order valence-corrected chi connectivity index (χ1v) is 18.3. The molecule has 0 spiro atoms. The Labute approximate surface area is 313 Å². The normalized spacial score (nSPS) is 23.9. The summed E-state index contributed by atoms with van der Waals surface area (Å²) in [5.74, 6) is 2.93. The molecule has 4 fully saturated rings. The van der Waals surface area contributed by atoms with Crippen molar-refractivity contribution < 1.29 is 32.5 Å². The Bertz CT molecular complexity index is 2190. The Balaban J connectivity index is 1.23. The minimum absolute atomic E-state index is 0.0106. The third kappa shape index (κ3) is 6.45. The van der Waals surface area contributed by atoms with Crippen LogP contribution < -0.4 is 14.4 Å². The Morgan fingerprint density at radius 1 is 1.13 bits per heavy atom. The van der Waals surface area contributed by atoms with E-state index in [1.54, 1.807) is 18.3 Å². The number of aromatic nitrogens is 3. The monoisotopic (exact) mass is 738 g/mol. The van der Waals surface area contributed by atoms with Gasteiger partial charge in [0.15, 0.2) is 12.6 Å². The van der Waals surface area contributed by atoms with Crippen molar-refractivity contribution in [3.63, 3.8) is 0 Å². The van der Waals surface area contributed by atoms with E-state index in [2.05, 4.69) is 27.3 Å². The zero-order valence-electron chi connectivity index (χ0n) is 31.0. The fraction of sp³-hybridized carbons (Fsp3) is 0.463. The number of carbonyl (C=O) groups excluding carboxylic acids is 1.